The number of hydrogen-bond acceptors (Lipinski definition) is 4. The molecule has 25 heavy (non-hydrogen) atoms. The highest BCUT2D eigenvalue weighted by Gasteiger charge is 2.15. The maximum Gasteiger partial charge on any atom is 0.339 e. The Bertz CT molecular complexity index is 882. The van der Waals surface area contributed by atoms with Crippen LogP contribution in [0.4, 0.5) is 0 Å². The number of pyridine rings is 1. The van der Waals surface area contributed by atoms with Gasteiger partial charge < -0.3 is 14.0 Å². The standard InChI is InChI=1S/C20H22N2O3/c1-14-18(12-16-9-8-15(13-21-16)20(23)25-3)17-6-4-5-7-19(17)22(14)10-11-24-2/h4-9,13H,10-12H2,1-3H3. The van der Waals surface area contributed by atoms with Crippen molar-refractivity contribution >= 4 is 16.9 Å². The fraction of sp³-hybridized carbons (Fsp3) is 0.300. The molecule has 0 aliphatic heterocycles. The number of esters is 1. The van der Waals surface area contributed by atoms with E-state index in [0.29, 0.717) is 18.6 Å². The van der Waals surface area contributed by atoms with Crippen LogP contribution in [0.3, 0.4) is 0 Å². The Labute approximate surface area is 147 Å². The minimum atomic E-state index is -0.369. The Morgan fingerprint density at radius 1 is 1.16 bits per heavy atom. The van der Waals surface area contributed by atoms with Gasteiger partial charge >= 0.3 is 5.97 Å². The van der Waals surface area contributed by atoms with Crippen molar-refractivity contribution in [1.82, 2.24) is 9.55 Å². The topological polar surface area (TPSA) is 53.4 Å². The summed E-state index contributed by atoms with van der Waals surface area (Å²) in [5, 5.41) is 1.23. The second-order valence-corrected chi connectivity index (χ2v) is 5.93. The molecule has 2 heterocycles. The smallest absolute Gasteiger partial charge is 0.339 e. The van der Waals surface area contributed by atoms with Crippen molar-refractivity contribution in [1.29, 1.82) is 0 Å². The van der Waals surface area contributed by atoms with Crippen LogP contribution in [0.25, 0.3) is 10.9 Å². The predicted octanol–water partition coefficient (Wildman–Crippen LogP) is 3.37. The maximum absolute atomic E-state index is 11.5. The van der Waals surface area contributed by atoms with Gasteiger partial charge in [0.1, 0.15) is 0 Å². The number of fused-ring (bicyclic) bond motifs is 1. The lowest BCUT2D eigenvalue weighted by Gasteiger charge is -2.08. The van der Waals surface area contributed by atoms with Gasteiger partial charge in [-0.25, -0.2) is 4.79 Å². The molecule has 5 nitrogen and oxygen atoms in total. The molecule has 0 saturated carbocycles. The second-order valence-electron chi connectivity index (χ2n) is 5.93. The van der Waals surface area contributed by atoms with Crippen molar-refractivity contribution < 1.29 is 14.3 Å². The summed E-state index contributed by atoms with van der Waals surface area (Å²) in [6.45, 7) is 3.62. The number of aromatic nitrogens is 2. The molecule has 0 atom stereocenters. The van der Waals surface area contributed by atoms with Crippen LogP contribution >= 0.6 is 0 Å². The van der Waals surface area contributed by atoms with Crippen LogP contribution in [0.2, 0.25) is 0 Å². The average Bonchev–Trinajstić information content (AvgIpc) is 2.91. The van der Waals surface area contributed by atoms with E-state index in [2.05, 4.69) is 40.7 Å². The number of para-hydroxylation sites is 1. The van der Waals surface area contributed by atoms with Gasteiger partial charge in [-0.15, -0.1) is 0 Å². The Kier molecular flexibility index (Phi) is 5.14. The lowest BCUT2D eigenvalue weighted by atomic mass is 10.1. The van der Waals surface area contributed by atoms with E-state index in [1.165, 1.54) is 29.3 Å². The predicted molar refractivity (Wildman–Crippen MR) is 96.9 cm³/mol. The summed E-state index contributed by atoms with van der Waals surface area (Å²) in [5.74, 6) is -0.369. The van der Waals surface area contributed by atoms with Crippen LogP contribution in [0.1, 0.15) is 27.3 Å². The third-order valence-electron chi connectivity index (χ3n) is 4.48. The summed E-state index contributed by atoms with van der Waals surface area (Å²) in [6, 6.07) is 12.0. The monoisotopic (exact) mass is 338 g/mol. The first-order chi connectivity index (χ1) is 12.2. The van der Waals surface area contributed by atoms with Crippen molar-refractivity contribution in [3.8, 4) is 0 Å². The minimum Gasteiger partial charge on any atom is -0.465 e. The number of hydrogen-bond donors (Lipinski definition) is 0. The molecule has 0 saturated heterocycles. The number of carbonyl (C=O) groups is 1. The van der Waals surface area contributed by atoms with Crippen LogP contribution in [-0.4, -0.2) is 36.3 Å². The molecule has 0 bridgehead atoms. The van der Waals surface area contributed by atoms with E-state index in [9.17, 15) is 4.79 Å². The first-order valence-electron chi connectivity index (χ1n) is 8.24. The molecular formula is C20H22N2O3. The summed E-state index contributed by atoms with van der Waals surface area (Å²) < 4.78 is 12.3. The first kappa shape index (κ1) is 17.2. The molecule has 0 aliphatic rings. The van der Waals surface area contributed by atoms with Gasteiger partial charge in [-0.3, -0.25) is 4.98 Å². The molecule has 0 aliphatic carbocycles. The molecule has 0 amide bonds. The molecule has 3 rings (SSSR count). The highest BCUT2D eigenvalue weighted by atomic mass is 16.5. The number of rotatable bonds is 6. The molecule has 0 unspecified atom stereocenters. The van der Waals surface area contributed by atoms with E-state index in [0.717, 1.165) is 12.2 Å². The Balaban J connectivity index is 1.96. The van der Waals surface area contributed by atoms with Crippen molar-refractivity contribution in [2.24, 2.45) is 0 Å². The van der Waals surface area contributed by atoms with Crippen LogP contribution in [0.5, 0.6) is 0 Å². The summed E-state index contributed by atoms with van der Waals surface area (Å²) in [4.78, 5) is 16.0. The normalized spacial score (nSPS) is 11.0. The van der Waals surface area contributed by atoms with Gasteiger partial charge in [-0.05, 0) is 30.7 Å². The molecule has 2 aromatic heterocycles. The quantitative estimate of drug-likeness (QED) is 0.647. The molecule has 0 radical (unpaired) electrons. The third kappa shape index (κ3) is 3.42. The largest absolute Gasteiger partial charge is 0.465 e. The van der Waals surface area contributed by atoms with Gasteiger partial charge in [-0.2, -0.15) is 0 Å². The fourth-order valence-corrected chi connectivity index (χ4v) is 3.15. The van der Waals surface area contributed by atoms with Gasteiger partial charge in [0.2, 0.25) is 0 Å². The van der Waals surface area contributed by atoms with Gasteiger partial charge in [0.15, 0.2) is 0 Å². The number of nitrogens with zero attached hydrogens (tertiary/aromatic N) is 2. The average molecular weight is 338 g/mol. The second kappa shape index (κ2) is 7.49. The van der Waals surface area contributed by atoms with Gasteiger partial charge in [-0.1, -0.05) is 18.2 Å². The summed E-state index contributed by atoms with van der Waals surface area (Å²) in [7, 11) is 3.09. The van der Waals surface area contributed by atoms with Gasteiger partial charge in [0.25, 0.3) is 0 Å². The van der Waals surface area contributed by atoms with Crippen LogP contribution < -0.4 is 0 Å². The van der Waals surface area contributed by atoms with E-state index >= 15 is 0 Å². The molecule has 1 aromatic carbocycles. The van der Waals surface area contributed by atoms with Gasteiger partial charge in [0, 0.05) is 48.6 Å². The van der Waals surface area contributed by atoms with Crippen molar-refractivity contribution in [2.45, 2.75) is 19.9 Å². The molecule has 0 N–H and O–H groups in total. The van der Waals surface area contributed by atoms with E-state index in [-0.39, 0.29) is 5.97 Å². The SMILES string of the molecule is COCCn1c(C)c(Cc2ccc(C(=O)OC)cn2)c2ccccc21. The van der Waals surface area contributed by atoms with E-state index in [1.807, 2.05) is 6.07 Å². The lowest BCUT2D eigenvalue weighted by molar-refractivity contribution is 0.0600. The number of methoxy groups -OCH3 is 2. The van der Waals surface area contributed by atoms with Crippen LogP contribution in [0, 0.1) is 6.92 Å². The Morgan fingerprint density at radius 2 is 1.96 bits per heavy atom. The number of carbonyl (C=O) groups excluding carboxylic acids is 1. The first-order valence-corrected chi connectivity index (χ1v) is 8.24. The minimum absolute atomic E-state index is 0.369. The van der Waals surface area contributed by atoms with E-state index in [1.54, 1.807) is 19.4 Å². The third-order valence-corrected chi connectivity index (χ3v) is 4.48. The van der Waals surface area contributed by atoms with Crippen molar-refractivity contribution in [3.63, 3.8) is 0 Å². The molecule has 0 spiro atoms. The Morgan fingerprint density at radius 3 is 2.64 bits per heavy atom. The molecular weight excluding hydrogens is 316 g/mol. The zero-order valence-electron chi connectivity index (χ0n) is 14.8. The molecule has 5 heteroatoms. The zero-order valence-corrected chi connectivity index (χ0v) is 14.8. The lowest BCUT2D eigenvalue weighted by Crippen LogP contribution is -2.06. The molecule has 3 aromatic rings. The zero-order chi connectivity index (χ0) is 17.8. The Hall–Kier alpha value is -2.66. The number of ether oxygens (including phenoxy) is 2. The highest BCUT2D eigenvalue weighted by molar-refractivity contribution is 5.89. The van der Waals surface area contributed by atoms with Crippen LogP contribution in [-0.2, 0) is 22.4 Å². The van der Waals surface area contributed by atoms with Crippen LogP contribution in [0.15, 0.2) is 42.6 Å². The van der Waals surface area contributed by atoms with Crippen molar-refractivity contribution in [2.75, 3.05) is 20.8 Å². The maximum atomic E-state index is 11.5. The fourth-order valence-electron chi connectivity index (χ4n) is 3.15. The van der Waals surface area contributed by atoms with E-state index < -0.39 is 0 Å². The number of benzene rings is 1. The molecule has 0 fully saturated rings. The van der Waals surface area contributed by atoms with E-state index in [4.69, 9.17) is 9.47 Å². The molecule has 130 valence electrons. The van der Waals surface area contributed by atoms with Gasteiger partial charge in [0.05, 0.1) is 19.3 Å². The van der Waals surface area contributed by atoms with Crippen molar-refractivity contribution in [3.05, 3.63) is 65.1 Å². The highest BCUT2D eigenvalue weighted by Crippen LogP contribution is 2.27. The summed E-state index contributed by atoms with van der Waals surface area (Å²) in [6.07, 6.45) is 2.29. The summed E-state index contributed by atoms with van der Waals surface area (Å²) in [5.41, 5.74) is 5.07. The summed E-state index contributed by atoms with van der Waals surface area (Å²) >= 11 is 0.